The van der Waals surface area contributed by atoms with Gasteiger partial charge in [-0.15, -0.1) is 0 Å². The molecule has 4 rings (SSSR count). The Hall–Kier alpha value is -3.16. The second-order valence-corrected chi connectivity index (χ2v) is 8.47. The number of aromatic nitrogens is 1. The van der Waals surface area contributed by atoms with Crippen LogP contribution >= 0.6 is 0 Å². The number of carbonyl (C=O) groups excluding carboxylic acids is 1. The highest BCUT2D eigenvalue weighted by atomic mass is 16.6. The van der Waals surface area contributed by atoms with Gasteiger partial charge in [-0.1, -0.05) is 30.3 Å². The number of anilines is 1. The maximum absolute atomic E-state index is 12.8. The highest BCUT2D eigenvalue weighted by molar-refractivity contribution is 5.72. The number of ether oxygens (including phenoxy) is 1. The lowest BCUT2D eigenvalue weighted by Crippen LogP contribution is -2.44. The molecule has 1 aromatic heterocycles. The lowest BCUT2D eigenvalue weighted by molar-refractivity contribution is -0.388. The summed E-state index contributed by atoms with van der Waals surface area (Å²) in [4.78, 5) is 29.3. The number of carbonyl (C=O) groups is 1. The quantitative estimate of drug-likeness (QED) is 0.567. The van der Waals surface area contributed by atoms with Gasteiger partial charge in [0, 0.05) is 12.1 Å². The van der Waals surface area contributed by atoms with E-state index in [4.69, 9.17) is 4.74 Å². The number of pyridine rings is 1. The van der Waals surface area contributed by atoms with Crippen LogP contribution in [0.2, 0.25) is 0 Å². The summed E-state index contributed by atoms with van der Waals surface area (Å²) >= 11 is 0. The van der Waals surface area contributed by atoms with Crippen molar-refractivity contribution < 1.29 is 14.5 Å². The fraction of sp³-hybridized carbons (Fsp3) is 0.455. The van der Waals surface area contributed by atoms with Crippen molar-refractivity contribution in [1.82, 2.24) is 9.88 Å². The molecule has 158 valence electrons. The first-order valence-electron chi connectivity index (χ1n) is 10.3. The van der Waals surface area contributed by atoms with E-state index < -0.39 is 10.5 Å². The molecule has 2 heterocycles. The van der Waals surface area contributed by atoms with E-state index in [0.717, 1.165) is 31.2 Å². The second kappa shape index (κ2) is 7.93. The number of nitrogens with one attached hydrogen (secondary N) is 1. The lowest BCUT2D eigenvalue weighted by Gasteiger charge is -2.38. The van der Waals surface area contributed by atoms with Gasteiger partial charge in [0.2, 0.25) is 0 Å². The Morgan fingerprint density at radius 2 is 1.83 bits per heavy atom. The minimum atomic E-state index is -0.607. The van der Waals surface area contributed by atoms with Crippen molar-refractivity contribution in [3.05, 3.63) is 64.3 Å². The molecule has 0 bridgehead atoms. The normalized spacial score (nSPS) is 25.6. The van der Waals surface area contributed by atoms with Crippen LogP contribution in [-0.4, -0.2) is 38.6 Å². The maximum Gasteiger partial charge on any atom is 0.411 e. The molecule has 1 atom stereocenters. The predicted molar refractivity (Wildman–Crippen MR) is 112 cm³/mol. The van der Waals surface area contributed by atoms with E-state index in [-0.39, 0.29) is 30.0 Å². The zero-order chi connectivity index (χ0) is 21.3. The number of hydrogen-bond donors (Lipinski definition) is 1. The van der Waals surface area contributed by atoms with Crippen molar-refractivity contribution in [2.45, 2.75) is 63.3 Å². The van der Waals surface area contributed by atoms with E-state index >= 15 is 0 Å². The zero-order valence-electron chi connectivity index (χ0n) is 17.2. The fourth-order valence-corrected chi connectivity index (χ4v) is 4.70. The van der Waals surface area contributed by atoms with Crippen LogP contribution in [-0.2, 0) is 4.74 Å². The number of benzene rings is 1. The van der Waals surface area contributed by atoms with Gasteiger partial charge in [0.15, 0.2) is 0 Å². The number of rotatable bonds is 5. The van der Waals surface area contributed by atoms with E-state index in [0.29, 0.717) is 5.69 Å². The van der Waals surface area contributed by atoms with Crippen molar-refractivity contribution in [1.29, 1.82) is 0 Å². The third-order valence-electron chi connectivity index (χ3n) is 6.02. The minimum Gasteiger partial charge on any atom is -0.441 e. The third-order valence-corrected chi connectivity index (χ3v) is 6.02. The molecule has 2 aliphatic rings. The number of amides is 1. The van der Waals surface area contributed by atoms with E-state index in [1.54, 1.807) is 12.1 Å². The third kappa shape index (κ3) is 3.81. The van der Waals surface area contributed by atoms with Crippen LogP contribution in [0, 0.1) is 10.1 Å². The SMILES string of the molecule is CC1(C)OC(=O)N(C2CCC(Nc3cccnc3[N+](=O)[O-])CC2)C1c1ccccc1. The molecule has 2 fully saturated rings. The summed E-state index contributed by atoms with van der Waals surface area (Å²) in [5.74, 6) is -0.159. The minimum absolute atomic E-state index is 0.0754. The summed E-state index contributed by atoms with van der Waals surface area (Å²) in [6, 6.07) is 13.4. The van der Waals surface area contributed by atoms with Gasteiger partial charge in [-0.3, -0.25) is 4.90 Å². The first kappa shape index (κ1) is 20.1. The molecular formula is C22H26N4O4. The molecule has 1 saturated carbocycles. The Kier molecular flexibility index (Phi) is 5.32. The Bertz CT molecular complexity index is 926. The van der Waals surface area contributed by atoms with E-state index in [1.807, 2.05) is 49.1 Å². The molecule has 1 saturated heterocycles. The summed E-state index contributed by atoms with van der Waals surface area (Å²) in [6.45, 7) is 3.91. The van der Waals surface area contributed by atoms with Gasteiger partial charge in [0.25, 0.3) is 0 Å². The summed E-state index contributed by atoms with van der Waals surface area (Å²) < 4.78 is 5.73. The van der Waals surface area contributed by atoms with Crippen molar-refractivity contribution in [3.8, 4) is 0 Å². The average Bonchev–Trinajstić information content (AvgIpc) is 2.97. The van der Waals surface area contributed by atoms with Gasteiger partial charge in [-0.2, -0.15) is 0 Å². The van der Waals surface area contributed by atoms with Crippen LogP contribution in [0.25, 0.3) is 0 Å². The molecule has 0 radical (unpaired) electrons. The Morgan fingerprint density at radius 3 is 2.50 bits per heavy atom. The van der Waals surface area contributed by atoms with Crippen LogP contribution in [0.1, 0.15) is 51.1 Å². The summed E-state index contributed by atoms with van der Waals surface area (Å²) in [5.41, 5.74) is 0.901. The second-order valence-electron chi connectivity index (χ2n) is 8.47. The molecule has 1 aliphatic carbocycles. The number of cyclic esters (lactones) is 1. The predicted octanol–water partition coefficient (Wildman–Crippen LogP) is 4.69. The Morgan fingerprint density at radius 1 is 1.13 bits per heavy atom. The number of hydrogen-bond acceptors (Lipinski definition) is 6. The topological polar surface area (TPSA) is 97.6 Å². The Labute approximate surface area is 175 Å². The van der Waals surface area contributed by atoms with Crippen molar-refractivity contribution in [2.24, 2.45) is 0 Å². The smallest absolute Gasteiger partial charge is 0.411 e. The van der Waals surface area contributed by atoms with Crippen LogP contribution in [0.3, 0.4) is 0 Å². The van der Waals surface area contributed by atoms with Crippen molar-refractivity contribution in [3.63, 3.8) is 0 Å². The largest absolute Gasteiger partial charge is 0.441 e. The monoisotopic (exact) mass is 410 g/mol. The highest BCUT2D eigenvalue weighted by Crippen LogP contribution is 2.44. The molecule has 1 aromatic carbocycles. The molecule has 1 unspecified atom stereocenters. The summed E-state index contributed by atoms with van der Waals surface area (Å²) in [5, 5.41) is 14.5. The van der Waals surface area contributed by atoms with Crippen molar-refractivity contribution in [2.75, 3.05) is 5.32 Å². The molecule has 1 N–H and O–H groups in total. The molecule has 1 amide bonds. The Balaban J connectivity index is 1.47. The van der Waals surface area contributed by atoms with Crippen LogP contribution in [0.5, 0.6) is 0 Å². The fourth-order valence-electron chi connectivity index (χ4n) is 4.70. The van der Waals surface area contributed by atoms with Gasteiger partial charge < -0.3 is 20.2 Å². The van der Waals surface area contributed by atoms with Crippen LogP contribution in [0.15, 0.2) is 48.7 Å². The first-order valence-corrected chi connectivity index (χ1v) is 10.3. The average molecular weight is 410 g/mol. The van der Waals surface area contributed by atoms with Crippen molar-refractivity contribution >= 4 is 17.6 Å². The molecule has 1 aliphatic heterocycles. The van der Waals surface area contributed by atoms with Crippen LogP contribution in [0.4, 0.5) is 16.3 Å². The summed E-state index contributed by atoms with van der Waals surface area (Å²) in [6.07, 6.45) is 4.38. The van der Waals surface area contributed by atoms with Gasteiger partial charge in [0.1, 0.15) is 17.5 Å². The highest BCUT2D eigenvalue weighted by Gasteiger charge is 2.51. The molecule has 2 aromatic rings. The molecule has 8 nitrogen and oxygen atoms in total. The molecule has 8 heteroatoms. The lowest BCUT2D eigenvalue weighted by atomic mass is 9.86. The molecule has 0 spiro atoms. The van der Waals surface area contributed by atoms with Gasteiger partial charge in [0.05, 0.1) is 6.04 Å². The zero-order valence-corrected chi connectivity index (χ0v) is 17.2. The molecular weight excluding hydrogens is 384 g/mol. The maximum atomic E-state index is 12.8. The van der Waals surface area contributed by atoms with Gasteiger partial charge in [-0.25, -0.2) is 4.79 Å². The molecule has 30 heavy (non-hydrogen) atoms. The number of nitro groups is 1. The van der Waals surface area contributed by atoms with E-state index in [1.165, 1.54) is 6.20 Å². The van der Waals surface area contributed by atoms with E-state index in [9.17, 15) is 14.9 Å². The summed E-state index contributed by atoms with van der Waals surface area (Å²) in [7, 11) is 0. The standard InChI is InChI=1S/C22H26N4O4/c1-22(2)19(15-7-4-3-5-8-15)25(21(27)30-22)17-12-10-16(11-13-17)24-18-9-6-14-23-20(18)26(28)29/h3-9,14,16-17,19,24H,10-13H2,1-2H3. The van der Waals surface area contributed by atoms with E-state index in [2.05, 4.69) is 10.3 Å². The first-order chi connectivity index (χ1) is 14.4. The number of nitrogens with zero attached hydrogens (tertiary/aromatic N) is 3. The van der Waals surface area contributed by atoms with Crippen LogP contribution < -0.4 is 5.32 Å². The van der Waals surface area contributed by atoms with Gasteiger partial charge in [-0.05, 0) is 67.1 Å². The van der Waals surface area contributed by atoms with Gasteiger partial charge >= 0.3 is 11.9 Å².